The molecule has 1 saturated heterocycles. The van der Waals surface area contributed by atoms with E-state index < -0.39 is 10.0 Å². The van der Waals surface area contributed by atoms with E-state index in [1.165, 1.54) is 11.3 Å². The van der Waals surface area contributed by atoms with Gasteiger partial charge in [-0.05, 0) is 53.2 Å². The van der Waals surface area contributed by atoms with Crippen LogP contribution < -0.4 is 0 Å². The van der Waals surface area contributed by atoms with Gasteiger partial charge in [-0.15, -0.1) is 11.3 Å². The molecule has 0 amide bonds. The Kier molecular flexibility index (Phi) is 4.28. The van der Waals surface area contributed by atoms with E-state index in [1.807, 2.05) is 0 Å². The molecule has 2 rings (SSSR count). The first-order valence-electron chi connectivity index (χ1n) is 5.75. The van der Waals surface area contributed by atoms with Gasteiger partial charge in [-0.3, -0.25) is 0 Å². The molecular weight excluding hydrogens is 322 g/mol. The van der Waals surface area contributed by atoms with Gasteiger partial charge < -0.3 is 0 Å². The highest BCUT2D eigenvalue weighted by atomic mass is 79.9. The maximum absolute atomic E-state index is 12.4. The molecule has 1 fully saturated rings. The van der Waals surface area contributed by atoms with E-state index in [-0.39, 0.29) is 0 Å². The second-order valence-corrected chi connectivity index (χ2v) is 9.13. The highest BCUT2D eigenvalue weighted by Gasteiger charge is 2.27. The van der Waals surface area contributed by atoms with Crippen LogP contribution in [-0.4, -0.2) is 25.8 Å². The average molecular weight is 338 g/mol. The smallest absolute Gasteiger partial charge is 0.206 e. The predicted molar refractivity (Wildman–Crippen MR) is 73.8 cm³/mol. The minimum absolute atomic E-state index is 0.443. The summed E-state index contributed by atoms with van der Waals surface area (Å²) in [6, 6.07) is 3.47. The first-order valence-corrected chi connectivity index (χ1v) is 8.80. The van der Waals surface area contributed by atoms with Gasteiger partial charge in [0, 0.05) is 13.1 Å². The minimum Gasteiger partial charge on any atom is -0.206 e. The molecule has 0 radical (unpaired) electrons. The van der Waals surface area contributed by atoms with Crippen LogP contribution in [0.4, 0.5) is 0 Å². The van der Waals surface area contributed by atoms with Crippen LogP contribution in [0.5, 0.6) is 0 Å². The van der Waals surface area contributed by atoms with Gasteiger partial charge in [-0.2, -0.15) is 4.31 Å². The van der Waals surface area contributed by atoms with Crippen LogP contribution in [0.1, 0.15) is 26.2 Å². The van der Waals surface area contributed by atoms with E-state index in [9.17, 15) is 8.42 Å². The van der Waals surface area contributed by atoms with Crippen molar-refractivity contribution in [3.63, 3.8) is 0 Å². The van der Waals surface area contributed by atoms with Crippen molar-refractivity contribution in [3.8, 4) is 0 Å². The summed E-state index contributed by atoms with van der Waals surface area (Å²) in [6.07, 6.45) is 3.05. The lowest BCUT2D eigenvalue weighted by Gasteiger charge is -2.18. The van der Waals surface area contributed by atoms with Crippen LogP contribution in [-0.2, 0) is 10.0 Å². The zero-order valence-corrected chi connectivity index (χ0v) is 12.9. The Bertz CT molecular complexity index is 483. The molecule has 0 bridgehead atoms. The molecule has 1 aromatic rings. The summed E-state index contributed by atoms with van der Waals surface area (Å²) in [4.78, 5) is 0. The summed E-state index contributed by atoms with van der Waals surface area (Å²) >= 11 is 4.59. The molecule has 1 aliphatic heterocycles. The van der Waals surface area contributed by atoms with Crippen LogP contribution in [0.2, 0.25) is 0 Å². The Labute approximate surface area is 115 Å². The molecule has 17 heavy (non-hydrogen) atoms. The van der Waals surface area contributed by atoms with Gasteiger partial charge in [0.2, 0.25) is 0 Å². The molecule has 0 aliphatic carbocycles. The number of sulfonamides is 1. The van der Waals surface area contributed by atoms with E-state index in [0.29, 0.717) is 23.2 Å². The van der Waals surface area contributed by atoms with Crippen LogP contribution in [0, 0.1) is 5.92 Å². The molecule has 1 atom stereocenters. The van der Waals surface area contributed by atoms with Gasteiger partial charge in [0.1, 0.15) is 4.21 Å². The number of hydrogen-bond donors (Lipinski definition) is 0. The van der Waals surface area contributed by atoms with Crippen LogP contribution in [0.3, 0.4) is 0 Å². The van der Waals surface area contributed by atoms with Crippen molar-refractivity contribution < 1.29 is 8.42 Å². The number of nitrogens with zero attached hydrogens (tertiary/aromatic N) is 1. The van der Waals surface area contributed by atoms with E-state index >= 15 is 0 Å². The SMILES string of the molecule is CC1CCCN(S(=O)(=O)c2ccc(Br)s2)CC1. The molecule has 0 N–H and O–H groups in total. The molecule has 1 unspecified atom stereocenters. The van der Waals surface area contributed by atoms with Crippen molar-refractivity contribution in [2.24, 2.45) is 5.92 Å². The van der Waals surface area contributed by atoms with Gasteiger partial charge in [0.05, 0.1) is 3.79 Å². The van der Waals surface area contributed by atoms with Gasteiger partial charge in [-0.25, -0.2) is 8.42 Å². The van der Waals surface area contributed by atoms with E-state index in [4.69, 9.17) is 0 Å². The molecule has 0 aromatic carbocycles. The summed E-state index contributed by atoms with van der Waals surface area (Å²) in [7, 11) is -3.27. The van der Waals surface area contributed by atoms with Crippen molar-refractivity contribution in [3.05, 3.63) is 15.9 Å². The normalized spacial score (nSPS) is 23.5. The lowest BCUT2D eigenvalue weighted by Crippen LogP contribution is -2.31. The van der Waals surface area contributed by atoms with Gasteiger partial charge in [-0.1, -0.05) is 6.92 Å². The number of hydrogen-bond acceptors (Lipinski definition) is 3. The third-order valence-electron chi connectivity index (χ3n) is 3.12. The number of thiophene rings is 1. The third kappa shape index (κ3) is 3.10. The molecule has 1 aliphatic rings. The number of rotatable bonds is 2. The van der Waals surface area contributed by atoms with Crippen molar-refractivity contribution in [1.29, 1.82) is 0 Å². The lowest BCUT2D eigenvalue weighted by atomic mass is 10.0. The molecular formula is C11H16BrNO2S2. The first-order chi connectivity index (χ1) is 8.00. The van der Waals surface area contributed by atoms with Crippen molar-refractivity contribution >= 4 is 37.3 Å². The van der Waals surface area contributed by atoms with Crippen LogP contribution >= 0.6 is 27.3 Å². The van der Waals surface area contributed by atoms with Crippen LogP contribution in [0.25, 0.3) is 0 Å². The summed E-state index contributed by atoms with van der Waals surface area (Å²) in [5.74, 6) is 0.630. The monoisotopic (exact) mass is 337 g/mol. The summed E-state index contributed by atoms with van der Waals surface area (Å²) < 4.78 is 27.7. The molecule has 2 heterocycles. The minimum atomic E-state index is -3.27. The fraction of sp³-hybridized carbons (Fsp3) is 0.636. The second kappa shape index (κ2) is 5.38. The van der Waals surface area contributed by atoms with Gasteiger partial charge in [0.15, 0.2) is 0 Å². The third-order valence-corrected chi connectivity index (χ3v) is 7.11. The van der Waals surface area contributed by atoms with Gasteiger partial charge >= 0.3 is 0 Å². The fourth-order valence-electron chi connectivity index (χ4n) is 2.04. The predicted octanol–water partition coefficient (Wildman–Crippen LogP) is 3.32. The Balaban J connectivity index is 2.20. The maximum Gasteiger partial charge on any atom is 0.252 e. The summed E-state index contributed by atoms with van der Waals surface area (Å²) in [5, 5.41) is 0. The van der Waals surface area contributed by atoms with Gasteiger partial charge in [0.25, 0.3) is 10.0 Å². The van der Waals surface area contributed by atoms with E-state index in [0.717, 1.165) is 23.0 Å². The summed E-state index contributed by atoms with van der Waals surface area (Å²) in [6.45, 7) is 3.50. The molecule has 0 spiro atoms. The first kappa shape index (κ1) is 13.5. The summed E-state index contributed by atoms with van der Waals surface area (Å²) in [5.41, 5.74) is 0. The Morgan fingerprint density at radius 1 is 1.35 bits per heavy atom. The van der Waals surface area contributed by atoms with Crippen molar-refractivity contribution in [1.82, 2.24) is 4.31 Å². The zero-order chi connectivity index (χ0) is 12.5. The van der Waals surface area contributed by atoms with Crippen LogP contribution in [0.15, 0.2) is 20.1 Å². The molecule has 1 aromatic heterocycles. The Morgan fingerprint density at radius 3 is 2.76 bits per heavy atom. The van der Waals surface area contributed by atoms with Crippen molar-refractivity contribution in [2.75, 3.05) is 13.1 Å². The molecule has 0 saturated carbocycles. The van der Waals surface area contributed by atoms with E-state index in [2.05, 4.69) is 22.9 Å². The highest BCUT2D eigenvalue weighted by Crippen LogP contribution is 2.30. The largest absolute Gasteiger partial charge is 0.252 e. The van der Waals surface area contributed by atoms with Crippen molar-refractivity contribution in [2.45, 2.75) is 30.4 Å². The molecule has 6 heteroatoms. The quantitative estimate of drug-likeness (QED) is 0.830. The standard InChI is InChI=1S/C11H16BrNO2S2/c1-9-3-2-7-13(8-6-9)17(14,15)11-5-4-10(12)16-11/h4-5,9H,2-3,6-8H2,1H3. The molecule has 3 nitrogen and oxygen atoms in total. The highest BCUT2D eigenvalue weighted by molar-refractivity contribution is 9.11. The second-order valence-electron chi connectivity index (χ2n) is 4.50. The topological polar surface area (TPSA) is 37.4 Å². The lowest BCUT2D eigenvalue weighted by molar-refractivity contribution is 0.418. The Hall–Kier alpha value is 0.0900. The average Bonchev–Trinajstić information content (AvgIpc) is 2.58. The van der Waals surface area contributed by atoms with E-state index in [1.54, 1.807) is 16.4 Å². The Morgan fingerprint density at radius 2 is 2.12 bits per heavy atom. The maximum atomic E-state index is 12.4. The fourth-order valence-corrected chi connectivity index (χ4v) is 5.70. The number of halogens is 1. The molecule has 96 valence electrons. The zero-order valence-electron chi connectivity index (χ0n) is 9.73.